The number of aromatic nitrogens is 5. The zero-order valence-electron chi connectivity index (χ0n) is 20.8. The average molecular weight is 585 g/mol. The molecular weight excluding hydrogens is 565 g/mol. The molecule has 5 aromatic rings. The molecule has 0 aliphatic carbocycles. The van der Waals surface area contributed by atoms with Crippen LogP contribution in [0.15, 0.2) is 89.1 Å². The summed E-state index contributed by atoms with van der Waals surface area (Å²) >= 11 is 7.41. The molecule has 8 nitrogen and oxygen atoms in total. The van der Waals surface area contributed by atoms with Gasteiger partial charge in [0.25, 0.3) is 11.5 Å². The Balaban J connectivity index is 1.44. The fourth-order valence-corrected chi connectivity index (χ4v) is 5.11. The lowest BCUT2D eigenvalue weighted by Crippen LogP contribution is -2.34. The molecule has 2 aromatic carbocycles. The van der Waals surface area contributed by atoms with Crippen molar-refractivity contribution in [1.82, 2.24) is 29.5 Å². The van der Waals surface area contributed by atoms with Crippen LogP contribution in [0.4, 0.5) is 13.2 Å². The molecule has 13 heteroatoms. The number of pyridine rings is 1. The Hall–Kier alpha value is -4.16. The van der Waals surface area contributed by atoms with E-state index >= 15 is 0 Å². The number of benzene rings is 2. The van der Waals surface area contributed by atoms with Crippen molar-refractivity contribution in [2.24, 2.45) is 0 Å². The molecule has 0 saturated heterocycles. The quantitative estimate of drug-likeness (QED) is 0.246. The van der Waals surface area contributed by atoms with Gasteiger partial charge in [0.15, 0.2) is 11.0 Å². The van der Waals surface area contributed by atoms with Gasteiger partial charge in [-0.15, -0.1) is 10.2 Å². The van der Waals surface area contributed by atoms with Crippen molar-refractivity contribution < 1.29 is 18.0 Å². The van der Waals surface area contributed by atoms with Crippen LogP contribution in [0.3, 0.4) is 0 Å². The van der Waals surface area contributed by atoms with Crippen LogP contribution in [0.2, 0.25) is 5.02 Å². The fourth-order valence-electron chi connectivity index (χ4n) is 4.02. The van der Waals surface area contributed by atoms with E-state index in [2.05, 4.69) is 20.5 Å². The van der Waals surface area contributed by atoms with E-state index in [1.165, 1.54) is 34.6 Å². The lowest BCUT2D eigenvalue weighted by molar-refractivity contribution is -0.137. The van der Waals surface area contributed by atoms with E-state index in [1.54, 1.807) is 60.0 Å². The Morgan fingerprint density at radius 3 is 2.65 bits per heavy atom. The van der Waals surface area contributed by atoms with Crippen molar-refractivity contribution in [1.29, 1.82) is 0 Å². The van der Waals surface area contributed by atoms with Gasteiger partial charge >= 0.3 is 6.18 Å². The minimum Gasteiger partial charge on any atom is -0.342 e. The first-order valence-corrected chi connectivity index (χ1v) is 13.3. The lowest BCUT2D eigenvalue weighted by Gasteiger charge is -2.16. The average Bonchev–Trinajstić information content (AvgIpc) is 3.36. The van der Waals surface area contributed by atoms with E-state index in [0.717, 1.165) is 12.1 Å². The second-order valence-electron chi connectivity index (χ2n) is 8.74. The van der Waals surface area contributed by atoms with Crippen LogP contribution in [-0.2, 0) is 11.9 Å². The zero-order valence-corrected chi connectivity index (χ0v) is 22.3. The first kappa shape index (κ1) is 27.4. The third kappa shape index (κ3) is 5.73. The van der Waals surface area contributed by atoms with E-state index in [9.17, 15) is 22.8 Å². The number of alkyl halides is 3. The molecule has 0 spiro atoms. The molecule has 1 amide bonds. The minimum absolute atomic E-state index is 0.150. The number of nitrogens with zero attached hydrogens (tertiary/aromatic N) is 5. The molecule has 0 bridgehead atoms. The molecule has 0 saturated carbocycles. The number of hydrogen-bond donors (Lipinski definition) is 1. The monoisotopic (exact) mass is 584 g/mol. The summed E-state index contributed by atoms with van der Waals surface area (Å²) in [5, 5.41) is 12.1. The van der Waals surface area contributed by atoms with Gasteiger partial charge in [0.2, 0.25) is 0 Å². The summed E-state index contributed by atoms with van der Waals surface area (Å²) in [4.78, 5) is 30.1. The van der Waals surface area contributed by atoms with Gasteiger partial charge in [-0.3, -0.25) is 18.6 Å². The number of halogens is 4. The van der Waals surface area contributed by atoms with Gasteiger partial charge in [0.05, 0.1) is 17.3 Å². The van der Waals surface area contributed by atoms with Crippen LogP contribution in [0.25, 0.3) is 11.3 Å². The van der Waals surface area contributed by atoms with Crippen LogP contribution in [0.5, 0.6) is 0 Å². The van der Waals surface area contributed by atoms with Crippen molar-refractivity contribution in [3.63, 3.8) is 0 Å². The number of rotatable bonds is 7. The Morgan fingerprint density at radius 1 is 1.07 bits per heavy atom. The highest BCUT2D eigenvalue weighted by Gasteiger charge is 2.30. The summed E-state index contributed by atoms with van der Waals surface area (Å²) in [6, 6.07) is 16.2. The maximum Gasteiger partial charge on any atom is 0.416 e. The predicted molar refractivity (Wildman–Crippen MR) is 145 cm³/mol. The van der Waals surface area contributed by atoms with Gasteiger partial charge in [-0.25, -0.2) is 4.98 Å². The number of nitrogens with one attached hydrogen (secondary N) is 1. The molecule has 5 rings (SSSR count). The molecule has 204 valence electrons. The number of hydrogen-bond acceptors (Lipinski definition) is 6. The van der Waals surface area contributed by atoms with Crippen LogP contribution >= 0.6 is 23.4 Å². The Kier molecular flexibility index (Phi) is 7.63. The van der Waals surface area contributed by atoms with Crippen LogP contribution in [0, 0.1) is 0 Å². The summed E-state index contributed by atoms with van der Waals surface area (Å²) in [5.74, 6) is -0.138. The number of carbonyl (C=O) groups excluding carboxylic acids is 1. The summed E-state index contributed by atoms with van der Waals surface area (Å²) in [6.07, 6.45) is -1.71. The summed E-state index contributed by atoms with van der Waals surface area (Å²) in [6.45, 7) is 1.68. The number of thioether (sulfide) groups is 1. The van der Waals surface area contributed by atoms with E-state index in [4.69, 9.17) is 11.6 Å². The first-order valence-electron chi connectivity index (χ1n) is 11.9. The predicted octanol–water partition coefficient (Wildman–Crippen LogP) is 5.73. The topological polar surface area (TPSA) is 94.2 Å². The van der Waals surface area contributed by atoms with Gasteiger partial charge in [-0.1, -0.05) is 53.7 Å². The Morgan fingerprint density at radius 2 is 1.88 bits per heavy atom. The van der Waals surface area contributed by atoms with Crippen LogP contribution in [-0.4, -0.2) is 30.1 Å². The highest BCUT2D eigenvalue weighted by molar-refractivity contribution is 7.98. The number of amides is 1. The lowest BCUT2D eigenvalue weighted by atomic mass is 10.1. The SMILES string of the molecule is CC(NC(=O)c1cnc2ccccn2c1=O)c1nnc(SCc2cccc(C(F)(F)F)c2)n1-c1cccc(Cl)c1. The molecule has 0 fully saturated rings. The molecule has 3 heterocycles. The third-order valence-corrected chi connectivity index (χ3v) is 7.18. The van der Waals surface area contributed by atoms with Gasteiger partial charge in [-0.05, 0) is 48.9 Å². The second-order valence-corrected chi connectivity index (χ2v) is 10.1. The molecule has 40 heavy (non-hydrogen) atoms. The maximum atomic E-state index is 13.2. The third-order valence-electron chi connectivity index (χ3n) is 5.94. The maximum absolute atomic E-state index is 13.2. The molecular formula is C27H20ClF3N6O2S. The molecule has 1 atom stereocenters. The molecule has 0 aliphatic rings. The molecule has 1 unspecified atom stereocenters. The smallest absolute Gasteiger partial charge is 0.342 e. The minimum atomic E-state index is -4.45. The van der Waals surface area contributed by atoms with Gasteiger partial charge < -0.3 is 5.32 Å². The van der Waals surface area contributed by atoms with E-state index in [0.29, 0.717) is 32.9 Å². The molecule has 3 aromatic heterocycles. The van der Waals surface area contributed by atoms with Crippen molar-refractivity contribution in [3.05, 3.63) is 117 Å². The first-order chi connectivity index (χ1) is 19.1. The Labute approximate surface area is 234 Å². The molecule has 0 radical (unpaired) electrons. The zero-order chi connectivity index (χ0) is 28.4. The normalized spacial score (nSPS) is 12.4. The van der Waals surface area contributed by atoms with Crippen molar-refractivity contribution in [3.8, 4) is 5.69 Å². The summed E-state index contributed by atoms with van der Waals surface area (Å²) < 4.78 is 42.5. The summed E-state index contributed by atoms with van der Waals surface area (Å²) in [7, 11) is 0. The van der Waals surface area contributed by atoms with Crippen LogP contribution < -0.4 is 10.9 Å². The van der Waals surface area contributed by atoms with Gasteiger partial charge in [-0.2, -0.15) is 13.2 Å². The van der Waals surface area contributed by atoms with Crippen molar-refractivity contribution in [2.45, 2.75) is 30.1 Å². The van der Waals surface area contributed by atoms with Gasteiger partial charge in [0.1, 0.15) is 11.2 Å². The fraction of sp³-hybridized carbons (Fsp3) is 0.148. The standard InChI is InChI=1S/C27H20ClF3N6O2S/c1-16(33-24(38)21-14-32-22-10-2-3-11-36(22)25(21)39)23-34-35-26(37(23)20-9-5-8-19(28)13-20)40-15-17-6-4-7-18(12-17)27(29,30)31/h2-14,16H,15H2,1H3,(H,33,38). The molecule has 1 N–H and O–H groups in total. The van der Waals surface area contributed by atoms with E-state index in [-0.39, 0.29) is 11.3 Å². The van der Waals surface area contributed by atoms with Crippen molar-refractivity contribution in [2.75, 3.05) is 0 Å². The molecule has 0 aliphatic heterocycles. The van der Waals surface area contributed by atoms with Crippen LogP contribution in [0.1, 0.15) is 40.3 Å². The number of fused-ring (bicyclic) bond motifs is 1. The highest BCUT2D eigenvalue weighted by Crippen LogP contribution is 2.32. The Bertz CT molecular complexity index is 1770. The van der Waals surface area contributed by atoms with Gasteiger partial charge in [0, 0.05) is 23.2 Å². The number of carbonyl (C=O) groups is 1. The van der Waals surface area contributed by atoms with E-state index in [1.807, 2.05) is 0 Å². The highest BCUT2D eigenvalue weighted by atomic mass is 35.5. The van der Waals surface area contributed by atoms with E-state index < -0.39 is 29.2 Å². The summed E-state index contributed by atoms with van der Waals surface area (Å²) in [5.41, 5.74) is 0.0333. The second kappa shape index (κ2) is 11.1. The van der Waals surface area contributed by atoms with Crippen molar-refractivity contribution >= 4 is 34.9 Å². The largest absolute Gasteiger partial charge is 0.416 e.